The number of rotatable bonds is 13. The summed E-state index contributed by atoms with van der Waals surface area (Å²) in [6.07, 6.45) is 0.528. The van der Waals surface area contributed by atoms with Crippen molar-refractivity contribution in [3.63, 3.8) is 0 Å². The Labute approximate surface area is 198 Å². The van der Waals surface area contributed by atoms with Crippen LogP contribution in [0.2, 0.25) is 0 Å². The van der Waals surface area contributed by atoms with E-state index in [4.69, 9.17) is 23.7 Å². The monoisotopic (exact) mass is 465 g/mol. The molecule has 0 aliphatic rings. The second kappa shape index (κ2) is 13.6. The normalized spacial score (nSPS) is 10.5. The molecule has 0 heterocycles. The third-order valence-corrected chi connectivity index (χ3v) is 4.52. The van der Waals surface area contributed by atoms with Gasteiger partial charge in [0.15, 0.2) is 0 Å². The maximum atomic E-state index is 12.2. The highest BCUT2D eigenvalue weighted by molar-refractivity contribution is 5.91. The number of esters is 1. The maximum Gasteiger partial charge on any atom is 0.412 e. The van der Waals surface area contributed by atoms with Crippen LogP contribution in [0.15, 0.2) is 79.4 Å². The fourth-order valence-electron chi connectivity index (χ4n) is 2.95. The molecule has 0 fully saturated rings. The van der Waals surface area contributed by atoms with Gasteiger partial charge in [-0.15, -0.1) is 0 Å². The zero-order valence-corrected chi connectivity index (χ0v) is 18.7. The Bertz CT molecular complexity index is 1080. The van der Waals surface area contributed by atoms with E-state index in [2.05, 4.69) is 11.9 Å². The molecule has 0 spiro atoms. The minimum absolute atomic E-state index is 0.160. The smallest absolute Gasteiger partial charge is 0.412 e. The molecule has 0 saturated heterocycles. The van der Waals surface area contributed by atoms with Crippen LogP contribution in [0.5, 0.6) is 17.2 Å². The van der Waals surface area contributed by atoms with Crippen molar-refractivity contribution >= 4 is 22.8 Å². The number of ether oxygens (including phenoxy) is 5. The molecule has 3 aromatic carbocycles. The predicted molar refractivity (Wildman–Crippen MR) is 127 cm³/mol. The summed E-state index contributed by atoms with van der Waals surface area (Å²) in [4.78, 5) is 23.0. The van der Waals surface area contributed by atoms with Gasteiger partial charge in [-0.05, 0) is 41.8 Å². The quantitative estimate of drug-likeness (QED) is 0.226. The second-order valence-electron chi connectivity index (χ2n) is 6.97. The van der Waals surface area contributed by atoms with Gasteiger partial charge in [0.2, 0.25) is 0 Å². The number of carbonyl (C=O) groups excluding carboxylic acids is 2. The van der Waals surface area contributed by atoms with E-state index in [9.17, 15) is 9.59 Å². The molecule has 0 aliphatic carbocycles. The van der Waals surface area contributed by atoms with Gasteiger partial charge in [0, 0.05) is 18.0 Å². The highest BCUT2D eigenvalue weighted by Gasteiger charge is 2.09. The Kier molecular flexibility index (Phi) is 9.92. The van der Waals surface area contributed by atoms with Crippen molar-refractivity contribution < 1.29 is 33.3 Å². The molecular formula is C26H27NO7. The Hall–Kier alpha value is -3.88. The minimum atomic E-state index is -0.569. The van der Waals surface area contributed by atoms with Gasteiger partial charge < -0.3 is 29.0 Å². The van der Waals surface area contributed by atoms with Crippen LogP contribution in [0.1, 0.15) is 0 Å². The molecule has 0 unspecified atom stereocenters. The van der Waals surface area contributed by atoms with E-state index in [1.165, 1.54) is 0 Å². The molecule has 0 atom stereocenters. The van der Waals surface area contributed by atoms with Crippen LogP contribution >= 0.6 is 0 Å². The third-order valence-electron chi connectivity index (χ3n) is 4.52. The molecule has 8 heteroatoms. The van der Waals surface area contributed by atoms with Crippen molar-refractivity contribution in [1.29, 1.82) is 0 Å². The average molecular weight is 466 g/mol. The lowest BCUT2D eigenvalue weighted by Crippen LogP contribution is -2.30. The van der Waals surface area contributed by atoms with Crippen LogP contribution in [-0.2, 0) is 19.0 Å². The molecule has 178 valence electrons. The van der Waals surface area contributed by atoms with Gasteiger partial charge >= 0.3 is 12.1 Å². The summed E-state index contributed by atoms with van der Waals surface area (Å²) in [5, 5.41) is 4.34. The van der Waals surface area contributed by atoms with Gasteiger partial charge in [-0.2, -0.15) is 0 Å². The Morgan fingerprint density at radius 1 is 0.824 bits per heavy atom. The van der Waals surface area contributed by atoms with E-state index >= 15 is 0 Å². The number of hydrogen-bond acceptors (Lipinski definition) is 7. The van der Waals surface area contributed by atoms with Gasteiger partial charge in [0.1, 0.15) is 23.9 Å². The molecule has 34 heavy (non-hydrogen) atoms. The minimum Gasteiger partial charge on any atom is -0.460 e. The van der Waals surface area contributed by atoms with E-state index in [1.54, 1.807) is 6.07 Å². The summed E-state index contributed by atoms with van der Waals surface area (Å²) in [6.45, 7) is 5.03. The van der Waals surface area contributed by atoms with Crippen LogP contribution in [0.3, 0.4) is 0 Å². The molecule has 1 N–H and O–H groups in total. The van der Waals surface area contributed by atoms with Gasteiger partial charge in [-0.1, -0.05) is 36.9 Å². The van der Waals surface area contributed by atoms with Crippen molar-refractivity contribution in [2.24, 2.45) is 0 Å². The highest BCUT2D eigenvalue weighted by atomic mass is 16.6. The number of fused-ring (bicyclic) bond motifs is 1. The lowest BCUT2D eigenvalue weighted by atomic mass is 10.1. The van der Waals surface area contributed by atoms with Crippen molar-refractivity contribution in [2.75, 3.05) is 39.6 Å². The first-order valence-electron chi connectivity index (χ1n) is 10.8. The van der Waals surface area contributed by atoms with E-state index in [0.29, 0.717) is 31.3 Å². The van der Waals surface area contributed by atoms with Crippen LogP contribution in [0.25, 0.3) is 10.8 Å². The molecule has 0 aromatic heterocycles. The van der Waals surface area contributed by atoms with Gasteiger partial charge in [-0.25, -0.2) is 9.59 Å². The molecule has 3 rings (SSSR count). The van der Waals surface area contributed by atoms with E-state index in [-0.39, 0.29) is 19.8 Å². The van der Waals surface area contributed by atoms with Crippen molar-refractivity contribution in [2.45, 2.75) is 0 Å². The second-order valence-corrected chi connectivity index (χ2v) is 6.97. The van der Waals surface area contributed by atoms with Gasteiger partial charge in [0.25, 0.3) is 0 Å². The topological polar surface area (TPSA) is 92.3 Å². The summed E-state index contributed by atoms with van der Waals surface area (Å²) in [6, 6.07) is 20.6. The van der Waals surface area contributed by atoms with Crippen molar-refractivity contribution in [1.82, 2.24) is 5.32 Å². The van der Waals surface area contributed by atoms with Crippen LogP contribution in [-0.4, -0.2) is 51.6 Å². The molecule has 0 aliphatic heterocycles. The SMILES string of the molecule is C=CC(=O)OCCOCCOCCNC(=O)Oc1cccc2cc(Oc3ccccc3)ccc12. The lowest BCUT2D eigenvalue weighted by molar-refractivity contribution is -0.139. The van der Waals surface area contributed by atoms with E-state index in [1.807, 2.05) is 60.7 Å². The first-order chi connectivity index (χ1) is 16.7. The average Bonchev–Trinajstić information content (AvgIpc) is 2.85. The number of hydrogen-bond donors (Lipinski definition) is 1. The standard InChI is InChI=1S/C26H27NO7/c1-2-25(28)32-18-17-31-16-15-30-14-13-27-26(29)34-24-10-6-7-20-19-22(11-12-23(20)24)33-21-8-4-3-5-9-21/h2-12,19H,1,13-18H2,(H,27,29). The summed E-state index contributed by atoms with van der Waals surface area (Å²) in [5.74, 6) is 1.41. The zero-order chi connectivity index (χ0) is 24.0. The predicted octanol–water partition coefficient (Wildman–Crippen LogP) is 4.48. The molecule has 0 radical (unpaired) electrons. The van der Waals surface area contributed by atoms with Crippen LogP contribution in [0, 0.1) is 0 Å². The lowest BCUT2D eigenvalue weighted by Gasteiger charge is -2.11. The number of carbonyl (C=O) groups is 2. The summed E-state index contributed by atoms with van der Waals surface area (Å²) in [7, 11) is 0. The third kappa shape index (κ3) is 8.23. The molecule has 0 bridgehead atoms. The summed E-state index contributed by atoms with van der Waals surface area (Å²) in [5.41, 5.74) is 0. The van der Waals surface area contributed by atoms with E-state index < -0.39 is 12.1 Å². The summed E-state index contributed by atoms with van der Waals surface area (Å²) >= 11 is 0. The Morgan fingerprint density at radius 3 is 2.38 bits per heavy atom. The fourth-order valence-corrected chi connectivity index (χ4v) is 2.95. The largest absolute Gasteiger partial charge is 0.460 e. The zero-order valence-electron chi connectivity index (χ0n) is 18.7. The fraction of sp³-hybridized carbons (Fsp3) is 0.231. The number of para-hydroxylation sites is 1. The van der Waals surface area contributed by atoms with Gasteiger partial charge in [0.05, 0.1) is 26.4 Å². The molecule has 1 amide bonds. The molecule has 0 saturated carbocycles. The van der Waals surface area contributed by atoms with Crippen LogP contribution < -0.4 is 14.8 Å². The molecule has 8 nitrogen and oxygen atoms in total. The summed E-state index contributed by atoms with van der Waals surface area (Å²) < 4.78 is 26.8. The first kappa shape index (κ1) is 24.8. The first-order valence-corrected chi connectivity index (χ1v) is 10.8. The van der Waals surface area contributed by atoms with Crippen LogP contribution in [0.4, 0.5) is 4.79 Å². The highest BCUT2D eigenvalue weighted by Crippen LogP contribution is 2.30. The number of benzene rings is 3. The molecule has 3 aromatic rings. The van der Waals surface area contributed by atoms with Crippen molar-refractivity contribution in [3.05, 3.63) is 79.4 Å². The maximum absolute atomic E-state index is 12.2. The van der Waals surface area contributed by atoms with E-state index in [0.717, 1.165) is 22.6 Å². The van der Waals surface area contributed by atoms with Gasteiger partial charge in [-0.3, -0.25) is 0 Å². The van der Waals surface area contributed by atoms with Crippen molar-refractivity contribution in [3.8, 4) is 17.2 Å². The molecular weight excluding hydrogens is 438 g/mol. The number of nitrogens with one attached hydrogen (secondary N) is 1. The Balaban J connectivity index is 1.36. The Morgan fingerprint density at radius 2 is 1.59 bits per heavy atom. The number of amides is 1.